The summed E-state index contributed by atoms with van der Waals surface area (Å²) in [6.45, 7) is 0.381. The van der Waals surface area contributed by atoms with E-state index in [4.69, 9.17) is 5.11 Å². The van der Waals surface area contributed by atoms with Crippen LogP contribution >= 0.6 is 11.3 Å². The summed E-state index contributed by atoms with van der Waals surface area (Å²) in [6.07, 6.45) is 0.421. The number of carbonyl (C=O) groups excluding carboxylic acids is 1. The molecule has 108 valence electrons. The maximum Gasteiger partial charge on any atom is 0.261 e. The zero-order valence-electron chi connectivity index (χ0n) is 11.2. The Morgan fingerprint density at radius 1 is 1.24 bits per heavy atom. The molecule has 3 nitrogen and oxygen atoms in total. The van der Waals surface area contributed by atoms with E-state index in [1.807, 2.05) is 0 Å². The summed E-state index contributed by atoms with van der Waals surface area (Å²) in [5, 5.41) is 11.4. The molecular weight excluding hydrogens is 289 g/mol. The number of aliphatic hydroxyl groups excluding tert-OH is 1. The Kier molecular flexibility index (Phi) is 5.50. The van der Waals surface area contributed by atoms with Crippen molar-refractivity contribution in [3.63, 3.8) is 0 Å². The van der Waals surface area contributed by atoms with Gasteiger partial charge in [-0.1, -0.05) is 24.0 Å². The van der Waals surface area contributed by atoms with Crippen LogP contribution in [0.25, 0.3) is 0 Å². The van der Waals surface area contributed by atoms with Crippen molar-refractivity contribution in [3.8, 4) is 11.8 Å². The zero-order chi connectivity index (χ0) is 15.1. The number of amides is 1. The SMILES string of the molecule is O=C(NCc1ccc(F)cc1)c1ccc(C#CCCO)s1. The first-order chi connectivity index (χ1) is 10.2. The second kappa shape index (κ2) is 7.58. The van der Waals surface area contributed by atoms with Crippen LogP contribution in [0.4, 0.5) is 4.39 Å². The number of halogens is 1. The summed E-state index contributed by atoms with van der Waals surface area (Å²) in [7, 11) is 0. The molecule has 5 heteroatoms. The fraction of sp³-hybridized carbons (Fsp3) is 0.188. The maximum absolute atomic E-state index is 12.8. The van der Waals surface area contributed by atoms with Crippen molar-refractivity contribution in [2.24, 2.45) is 0 Å². The molecule has 0 aliphatic heterocycles. The molecule has 0 aliphatic carbocycles. The summed E-state index contributed by atoms with van der Waals surface area (Å²) in [6, 6.07) is 9.49. The van der Waals surface area contributed by atoms with Crippen LogP contribution in [0.15, 0.2) is 36.4 Å². The molecule has 1 heterocycles. The highest BCUT2D eigenvalue weighted by Crippen LogP contribution is 2.15. The van der Waals surface area contributed by atoms with Crippen molar-refractivity contribution >= 4 is 17.2 Å². The number of hydrogen-bond donors (Lipinski definition) is 2. The molecule has 0 fully saturated rings. The van der Waals surface area contributed by atoms with Gasteiger partial charge in [-0.3, -0.25) is 4.79 Å². The molecule has 0 atom stereocenters. The summed E-state index contributed by atoms with van der Waals surface area (Å²) >= 11 is 1.30. The highest BCUT2D eigenvalue weighted by atomic mass is 32.1. The van der Waals surface area contributed by atoms with Gasteiger partial charge in [-0.25, -0.2) is 4.39 Å². The van der Waals surface area contributed by atoms with Gasteiger partial charge in [0, 0.05) is 13.0 Å². The third-order valence-electron chi connectivity index (χ3n) is 2.64. The number of hydrogen-bond acceptors (Lipinski definition) is 3. The Labute approximate surface area is 126 Å². The Morgan fingerprint density at radius 3 is 2.71 bits per heavy atom. The summed E-state index contributed by atoms with van der Waals surface area (Å²) < 4.78 is 12.8. The lowest BCUT2D eigenvalue weighted by Crippen LogP contribution is -2.21. The van der Waals surface area contributed by atoms with Gasteiger partial charge in [0.2, 0.25) is 0 Å². The van der Waals surface area contributed by atoms with Crippen LogP contribution in [0.5, 0.6) is 0 Å². The van der Waals surface area contributed by atoms with Gasteiger partial charge in [-0.15, -0.1) is 11.3 Å². The van der Waals surface area contributed by atoms with Gasteiger partial charge in [-0.2, -0.15) is 0 Å². The van der Waals surface area contributed by atoms with Gasteiger partial charge in [0.25, 0.3) is 5.91 Å². The number of carbonyl (C=O) groups is 1. The molecule has 0 radical (unpaired) electrons. The average Bonchev–Trinajstić information content (AvgIpc) is 2.96. The number of nitrogens with one attached hydrogen (secondary N) is 1. The monoisotopic (exact) mass is 303 g/mol. The van der Waals surface area contributed by atoms with Crippen molar-refractivity contribution in [1.29, 1.82) is 0 Å². The van der Waals surface area contributed by atoms with Crippen LogP contribution in [0, 0.1) is 17.7 Å². The van der Waals surface area contributed by atoms with E-state index < -0.39 is 0 Å². The minimum absolute atomic E-state index is 0.0311. The average molecular weight is 303 g/mol. The van der Waals surface area contributed by atoms with Crippen LogP contribution in [0.3, 0.4) is 0 Å². The van der Waals surface area contributed by atoms with E-state index in [0.29, 0.717) is 17.8 Å². The van der Waals surface area contributed by atoms with Gasteiger partial charge in [0.05, 0.1) is 16.4 Å². The quantitative estimate of drug-likeness (QED) is 0.853. The van der Waals surface area contributed by atoms with E-state index in [0.717, 1.165) is 10.4 Å². The molecule has 0 saturated heterocycles. The Morgan fingerprint density at radius 2 is 2.00 bits per heavy atom. The van der Waals surface area contributed by atoms with Crippen LogP contribution in [-0.2, 0) is 6.54 Å². The lowest BCUT2D eigenvalue weighted by molar-refractivity contribution is 0.0955. The summed E-state index contributed by atoms with van der Waals surface area (Å²) in [5.41, 5.74) is 0.837. The van der Waals surface area contributed by atoms with Crippen LogP contribution in [0.1, 0.15) is 26.5 Å². The maximum atomic E-state index is 12.8. The van der Waals surface area contributed by atoms with E-state index in [1.165, 1.54) is 23.5 Å². The van der Waals surface area contributed by atoms with E-state index >= 15 is 0 Å². The first-order valence-corrected chi connectivity index (χ1v) is 7.23. The number of rotatable bonds is 4. The zero-order valence-corrected chi connectivity index (χ0v) is 12.0. The van der Waals surface area contributed by atoms with E-state index in [1.54, 1.807) is 24.3 Å². The topological polar surface area (TPSA) is 49.3 Å². The van der Waals surface area contributed by atoms with Gasteiger partial charge >= 0.3 is 0 Å². The molecule has 1 aromatic carbocycles. The first-order valence-electron chi connectivity index (χ1n) is 6.41. The fourth-order valence-electron chi connectivity index (χ4n) is 1.60. The van der Waals surface area contributed by atoms with Gasteiger partial charge < -0.3 is 10.4 Å². The standard InChI is InChI=1S/C16H14FNO2S/c17-13-6-4-12(5-7-13)11-18-16(20)15-9-8-14(21-15)3-1-2-10-19/h4-9,19H,2,10-11H2,(H,18,20). The minimum Gasteiger partial charge on any atom is -0.395 e. The third kappa shape index (κ3) is 4.71. The normalized spacial score (nSPS) is 9.81. The molecule has 2 N–H and O–H groups in total. The predicted molar refractivity (Wildman–Crippen MR) is 80.5 cm³/mol. The molecule has 0 spiro atoms. The molecule has 2 rings (SSSR count). The molecule has 0 unspecified atom stereocenters. The van der Waals surface area contributed by atoms with Gasteiger partial charge in [0.15, 0.2) is 0 Å². The molecule has 2 aromatic rings. The molecule has 0 aliphatic rings. The van der Waals surface area contributed by atoms with Crippen molar-refractivity contribution in [2.75, 3.05) is 6.61 Å². The molecule has 0 bridgehead atoms. The smallest absolute Gasteiger partial charge is 0.261 e. The van der Waals surface area contributed by atoms with Crippen molar-refractivity contribution in [3.05, 3.63) is 57.5 Å². The van der Waals surface area contributed by atoms with Crippen LogP contribution in [0.2, 0.25) is 0 Å². The first kappa shape index (κ1) is 15.2. The van der Waals surface area contributed by atoms with E-state index in [-0.39, 0.29) is 18.3 Å². The number of aliphatic hydroxyl groups is 1. The molecule has 1 aromatic heterocycles. The molecular formula is C16H14FNO2S. The van der Waals surface area contributed by atoms with E-state index in [2.05, 4.69) is 17.2 Å². The van der Waals surface area contributed by atoms with Crippen LogP contribution < -0.4 is 5.32 Å². The van der Waals surface area contributed by atoms with Crippen molar-refractivity contribution in [2.45, 2.75) is 13.0 Å². The second-order valence-corrected chi connectivity index (χ2v) is 5.33. The second-order valence-electron chi connectivity index (χ2n) is 4.25. The molecule has 21 heavy (non-hydrogen) atoms. The van der Waals surface area contributed by atoms with Crippen molar-refractivity contribution < 1.29 is 14.3 Å². The van der Waals surface area contributed by atoms with Gasteiger partial charge in [-0.05, 0) is 29.8 Å². The summed E-state index contributed by atoms with van der Waals surface area (Å²) in [5.74, 6) is 5.22. The Hall–Kier alpha value is -2.16. The summed E-state index contributed by atoms with van der Waals surface area (Å²) in [4.78, 5) is 13.3. The molecule has 0 saturated carbocycles. The highest BCUT2D eigenvalue weighted by Gasteiger charge is 2.08. The fourth-order valence-corrected chi connectivity index (χ4v) is 2.40. The highest BCUT2D eigenvalue weighted by molar-refractivity contribution is 7.14. The predicted octanol–water partition coefficient (Wildman–Crippen LogP) is 2.55. The Bertz CT molecular complexity index is 668. The minimum atomic E-state index is -0.297. The largest absolute Gasteiger partial charge is 0.395 e. The lowest BCUT2D eigenvalue weighted by atomic mass is 10.2. The van der Waals surface area contributed by atoms with E-state index in [9.17, 15) is 9.18 Å². The number of thiophene rings is 1. The van der Waals surface area contributed by atoms with Crippen LogP contribution in [-0.4, -0.2) is 17.6 Å². The third-order valence-corrected chi connectivity index (χ3v) is 3.64. The Balaban J connectivity index is 1.92. The van der Waals surface area contributed by atoms with Gasteiger partial charge in [0.1, 0.15) is 5.82 Å². The lowest BCUT2D eigenvalue weighted by Gasteiger charge is -2.03. The van der Waals surface area contributed by atoms with Crippen molar-refractivity contribution in [1.82, 2.24) is 5.32 Å². The number of benzene rings is 1. The molecule has 1 amide bonds.